The van der Waals surface area contributed by atoms with E-state index in [2.05, 4.69) is 42.9 Å². The van der Waals surface area contributed by atoms with Crippen LogP contribution in [0.5, 0.6) is 5.75 Å². The van der Waals surface area contributed by atoms with Gasteiger partial charge in [0.15, 0.2) is 17.4 Å². The van der Waals surface area contributed by atoms with Gasteiger partial charge in [-0.05, 0) is 44.1 Å². The molecule has 0 bridgehead atoms. The van der Waals surface area contributed by atoms with Crippen LogP contribution in [-0.4, -0.2) is 59.2 Å². The van der Waals surface area contributed by atoms with Gasteiger partial charge in [0, 0.05) is 25.4 Å². The van der Waals surface area contributed by atoms with Gasteiger partial charge >= 0.3 is 0 Å². The number of aromatic nitrogens is 3. The zero-order valence-corrected chi connectivity index (χ0v) is 20.3. The van der Waals surface area contributed by atoms with Gasteiger partial charge in [-0.3, -0.25) is 14.3 Å². The molecule has 0 aliphatic carbocycles. The second-order valence-electron chi connectivity index (χ2n) is 7.35. The van der Waals surface area contributed by atoms with Crippen LogP contribution in [0.1, 0.15) is 30.3 Å². The lowest BCUT2D eigenvalue weighted by molar-refractivity contribution is 0.239. The van der Waals surface area contributed by atoms with E-state index in [0.29, 0.717) is 6.54 Å². The van der Waals surface area contributed by atoms with E-state index >= 15 is 0 Å². The van der Waals surface area contributed by atoms with Crippen LogP contribution in [0.4, 0.5) is 0 Å². The topological polar surface area (TPSA) is 79.1 Å². The highest BCUT2D eigenvalue weighted by Gasteiger charge is 2.26. The van der Waals surface area contributed by atoms with Crippen molar-refractivity contribution in [3.8, 4) is 5.75 Å². The summed E-state index contributed by atoms with van der Waals surface area (Å²) in [7, 11) is 3.52. The Morgan fingerprint density at radius 1 is 1.10 bits per heavy atom. The number of nitrogens with zero attached hydrogens (tertiary/aromatic N) is 5. The lowest BCUT2D eigenvalue weighted by Gasteiger charge is -2.30. The molecule has 1 unspecified atom stereocenters. The highest BCUT2D eigenvalue weighted by molar-refractivity contribution is 14.0. The molecular weight excluding hydrogens is 505 g/mol. The molecule has 0 radical (unpaired) electrons. The van der Waals surface area contributed by atoms with Crippen LogP contribution >= 0.6 is 24.0 Å². The number of guanidine groups is 1. The summed E-state index contributed by atoms with van der Waals surface area (Å²) in [5.74, 6) is 2.50. The number of aliphatic imine (C=N–C) groups is 1. The first kappa shape index (κ1) is 23.3. The molecule has 1 fully saturated rings. The fourth-order valence-corrected chi connectivity index (χ4v) is 4.02. The molecule has 4 rings (SSSR count). The van der Waals surface area contributed by atoms with Crippen molar-refractivity contribution in [2.24, 2.45) is 4.99 Å². The summed E-state index contributed by atoms with van der Waals surface area (Å²) in [6.07, 6.45) is 4.44. The maximum Gasteiger partial charge on any atom is 0.191 e. The molecule has 1 atom stereocenters. The van der Waals surface area contributed by atoms with E-state index in [1.807, 2.05) is 40.9 Å². The summed E-state index contributed by atoms with van der Waals surface area (Å²) in [4.78, 5) is 6.91. The lowest BCUT2D eigenvalue weighted by atomic mass is 10.0. The molecule has 3 aromatic rings. The number of halogens is 1. The largest absolute Gasteiger partial charge is 0.496 e. The first-order chi connectivity index (χ1) is 14.8. The number of hydrogen-bond donors (Lipinski definition) is 2. The normalized spacial score (nSPS) is 15.5. The number of nitrogens with one attached hydrogen (secondary N) is 2. The summed E-state index contributed by atoms with van der Waals surface area (Å²) < 4.78 is 7.61. The van der Waals surface area contributed by atoms with Gasteiger partial charge in [0.05, 0.1) is 19.7 Å². The SMILES string of the molecule is CN=C(NCc1nnc2ccccn12)NCC(c1ccccc1OC)N1CCCC1.I. The Kier molecular flexibility index (Phi) is 8.47. The quantitative estimate of drug-likeness (QED) is 0.275. The Morgan fingerprint density at radius 3 is 2.65 bits per heavy atom. The molecule has 166 valence electrons. The van der Waals surface area contributed by atoms with Crippen molar-refractivity contribution in [3.63, 3.8) is 0 Å². The molecule has 0 amide bonds. The van der Waals surface area contributed by atoms with Crippen LogP contribution in [-0.2, 0) is 6.54 Å². The fourth-order valence-electron chi connectivity index (χ4n) is 4.02. The third-order valence-electron chi connectivity index (χ3n) is 5.56. The van der Waals surface area contributed by atoms with Gasteiger partial charge in [-0.15, -0.1) is 34.2 Å². The van der Waals surface area contributed by atoms with E-state index < -0.39 is 0 Å². The van der Waals surface area contributed by atoms with Crippen molar-refractivity contribution in [2.75, 3.05) is 33.8 Å². The smallest absolute Gasteiger partial charge is 0.191 e. The van der Waals surface area contributed by atoms with Crippen LogP contribution in [0.25, 0.3) is 5.65 Å². The molecule has 0 spiro atoms. The van der Waals surface area contributed by atoms with E-state index in [9.17, 15) is 0 Å². The van der Waals surface area contributed by atoms with Crippen molar-refractivity contribution in [2.45, 2.75) is 25.4 Å². The average Bonchev–Trinajstić information content (AvgIpc) is 3.47. The van der Waals surface area contributed by atoms with Crippen molar-refractivity contribution in [3.05, 3.63) is 60.0 Å². The van der Waals surface area contributed by atoms with Crippen LogP contribution in [0.2, 0.25) is 0 Å². The van der Waals surface area contributed by atoms with Crippen LogP contribution in [0.3, 0.4) is 0 Å². The standard InChI is InChI=1S/C22H29N7O.HI/c1-23-22(25-16-21-27-26-20-11-5-6-14-29(20)21)24-15-18(28-12-7-8-13-28)17-9-3-4-10-19(17)30-2;/h3-6,9-11,14,18H,7-8,12-13,15-16H2,1-2H3,(H2,23,24,25);1H. The molecule has 9 heteroatoms. The Balaban J connectivity index is 0.00000272. The number of ether oxygens (including phenoxy) is 1. The molecule has 0 saturated carbocycles. The zero-order valence-electron chi connectivity index (χ0n) is 18.0. The molecule has 2 N–H and O–H groups in total. The minimum Gasteiger partial charge on any atom is -0.496 e. The Bertz CT molecular complexity index is 1000. The van der Waals surface area contributed by atoms with Crippen LogP contribution in [0.15, 0.2) is 53.7 Å². The molecule has 1 aliphatic rings. The Labute approximate surface area is 200 Å². The van der Waals surface area contributed by atoms with Crippen molar-refractivity contribution in [1.29, 1.82) is 0 Å². The fraction of sp³-hybridized carbons (Fsp3) is 0.409. The van der Waals surface area contributed by atoms with Crippen LogP contribution in [0, 0.1) is 0 Å². The molecule has 2 aromatic heterocycles. The van der Waals surface area contributed by atoms with E-state index in [1.54, 1.807) is 14.2 Å². The molecule has 1 aliphatic heterocycles. The Hall–Kier alpha value is -2.40. The summed E-state index contributed by atoms with van der Waals surface area (Å²) in [6.45, 7) is 3.47. The number of likely N-dealkylation sites (tertiary alicyclic amines) is 1. The predicted molar refractivity (Wildman–Crippen MR) is 133 cm³/mol. The molecular formula is C22H30IN7O. The first-order valence-electron chi connectivity index (χ1n) is 10.4. The zero-order chi connectivity index (χ0) is 20.8. The van der Waals surface area contributed by atoms with Gasteiger partial charge in [-0.2, -0.15) is 0 Å². The van der Waals surface area contributed by atoms with Gasteiger partial charge in [-0.25, -0.2) is 0 Å². The molecule has 1 saturated heterocycles. The molecule has 1 aromatic carbocycles. The summed E-state index contributed by atoms with van der Waals surface area (Å²) in [5, 5.41) is 15.3. The highest BCUT2D eigenvalue weighted by atomic mass is 127. The average molecular weight is 535 g/mol. The van der Waals surface area contributed by atoms with Gasteiger partial charge < -0.3 is 15.4 Å². The monoisotopic (exact) mass is 535 g/mol. The lowest BCUT2D eigenvalue weighted by Crippen LogP contribution is -2.42. The number of methoxy groups -OCH3 is 1. The molecule has 3 heterocycles. The molecule has 8 nitrogen and oxygen atoms in total. The van der Waals surface area contributed by atoms with Gasteiger partial charge in [0.2, 0.25) is 0 Å². The minimum atomic E-state index is 0. The number of hydrogen-bond acceptors (Lipinski definition) is 5. The third-order valence-corrected chi connectivity index (χ3v) is 5.56. The number of rotatable bonds is 7. The second kappa shape index (κ2) is 11.3. The van der Waals surface area contributed by atoms with Gasteiger partial charge in [0.1, 0.15) is 5.75 Å². The highest BCUT2D eigenvalue weighted by Crippen LogP contribution is 2.31. The number of para-hydroxylation sites is 1. The maximum atomic E-state index is 5.64. The summed E-state index contributed by atoms with van der Waals surface area (Å²) in [5.41, 5.74) is 2.04. The Morgan fingerprint density at radius 2 is 1.87 bits per heavy atom. The molecule has 31 heavy (non-hydrogen) atoms. The third kappa shape index (κ3) is 5.45. The van der Waals surface area contributed by atoms with E-state index in [-0.39, 0.29) is 30.0 Å². The minimum absolute atomic E-state index is 0. The van der Waals surface area contributed by atoms with E-state index in [0.717, 1.165) is 42.8 Å². The summed E-state index contributed by atoms with van der Waals surface area (Å²) >= 11 is 0. The number of pyridine rings is 1. The van der Waals surface area contributed by atoms with E-state index in [4.69, 9.17) is 4.74 Å². The van der Waals surface area contributed by atoms with E-state index in [1.165, 1.54) is 18.4 Å². The second-order valence-corrected chi connectivity index (χ2v) is 7.35. The first-order valence-corrected chi connectivity index (χ1v) is 10.4. The van der Waals surface area contributed by atoms with Gasteiger partial charge in [-0.1, -0.05) is 24.3 Å². The van der Waals surface area contributed by atoms with Crippen LogP contribution < -0.4 is 15.4 Å². The number of fused-ring (bicyclic) bond motifs is 1. The van der Waals surface area contributed by atoms with Crippen molar-refractivity contribution >= 4 is 35.6 Å². The van der Waals surface area contributed by atoms with Crippen molar-refractivity contribution in [1.82, 2.24) is 30.1 Å². The summed E-state index contributed by atoms with van der Waals surface area (Å²) in [6, 6.07) is 14.4. The van der Waals surface area contributed by atoms with Crippen molar-refractivity contribution < 1.29 is 4.74 Å². The maximum absolute atomic E-state index is 5.64. The van der Waals surface area contributed by atoms with Gasteiger partial charge in [0.25, 0.3) is 0 Å². The number of benzene rings is 1. The predicted octanol–water partition coefficient (Wildman–Crippen LogP) is 2.86.